The molecule has 0 saturated carbocycles. The van der Waals surface area contributed by atoms with E-state index in [0.717, 1.165) is 0 Å². The molecule has 1 aliphatic heterocycles. The van der Waals surface area contributed by atoms with Crippen molar-refractivity contribution in [1.29, 1.82) is 0 Å². The first-order chi connectivity index (χ1) is 13.6. The Morgan fingerprint density at radius 1 is 1.40 bits per heavy atom. The van der Waals surface area contributed by atoms with Gasteiger partial charge in [0.25, 0.3) is 0 Å². The zero-order valence-electron chi connectivity index (χ0n) is 18.1. The van der Waals surface area contributed by atoms with Crippen LogP contribution in [0.1, 0.15) is 47.1 Å². The Morgan fingerprint density at radius 2 is 2.03 bits per heavy atom. The topological polar surface area (TPSA) is 100 Å². The molecule has 1 heterocycles. The lowest BCUT2D eigenvalue weighted by molar-refractivity contribution is 0.0560. The van der Waals surface area contributed by atoms with Crippen molar-refractivity contribution in [2.24, 2.45) is 9.36 Å². The normalized spacial score (nSPS) is 26.0. The van der Waals surface area contributed by atoms with Crippen LogP contribution in [0.25, 0.3) is 0 Å². The second-order valence-corrected chi connectivity index (χ2v) is 12.6. The molecule has 168 valence electrons. The van der Waals surface area contributed by atoms with Gasteiger partial charge in [0, 0.05) is 10.0 Å². The van der Waals surface area contributed by atoms with E-state index in [1.807, 2.05) is 0 Å². The van der Waals surface area contributed by atoms with Gasteiger partial charge >= 0.3 is 6.09 Å². The van der Waals surface area contributed by atoms with Gasteiger partial charge in [0.05, 0.1) is 28.6 Å². The number of aliphatic hydroxyl groups is 1. The van der Waals surface area contributed by atoms with E-state index < -0.39 is 37.5 Å². The first-order valence-electron chi connectivity index (χ1n) is 9.50. The molecule has 2 rings (SSSR count). The van der Waals surface area contributed by atoms with Crippen molar-refractivity contribution in [3.8, 4) is 0 Å². The molecule has 0 aliphatic carbocycles. The van der Waals surface area contributed by atoms with Gasteiger partial charge < -0.3 is 9.84 Å². The number of aliphatic hydroxyl groups excluding tert-OH is 1. The molecule has 0 saturated heterocycles. The number of nitrogens with zero attached hydrogens (tertiary/aromatic N) is 2. The van der Waals surface area contributed by atoms with Gasteiger partial charge in [-0.15, -0.1) is 0 Å². The summed E-state index contributed by atoms with van der Waals surface area (Å²) in [6, 6.07) is 4.44. The molecule has 7 nitrogen and oxygen atoms in total. The van der Waals surface area contributed by atoms with E-state index in [9.17, 15) is 18.5 Å². The minimum absolute atomic E-state index is 0.0426. The average molecular weight is 506 g/mol. The second-order valence-electron chi connectivity index (χ2n) is 8.86. The highest BCUT2D eigenvalue weighted by molar-refractivity contribution is 9.10. The maximum atomic E-state index is 14.7. The van der Waals surface area contributed by atoms with Gasteiger partial charge in [-0.3, -0.25) is 10.3 Å². The molecule has 0 spiro atoms. The smallest absolute Gasteiger partial charge is 0.413 e. The lowest BCUT2D eigenvalue weighted by Gasteiger charge is -2.42. The van der Waals surface area contributed by atoms with Crippen LogP contribution in [0.2, 0.25) is 0 Å². The number of alkyl carbamates (subject to hydrolysis) is 1. The van der Waals surface area contributed by atoms with Gasteiger partial charge in [-0.25, -0.2) is 17.8 Å². The van der Waals surface area contributed by atoms with Crippen molar-refractivity contribution in [2.45, 2.75) is 57.4 Å². The Balaban J connectivity index is 2.67. The van der Waals surface area contributed by atoms with Gasteiger partial charge in [0.2, 0.25) is 0 Å². The number of benzene rings is 1. The highest BCUT2D eigenvalue weighted by Gasteiger charge is 2.49. The molecule has 0 bridgehead atoms. The standard InChI is InChI=1S/C20H29BrFN3O4S/c1-18(2,3)29-17(27)24-16-19(4,5)30(28,23-9-10-26)12-20(6,25-16)14-11-13(21)7-8-15(14)22/h7-8,11,26H,9-10,12H2,1-6H3,(H,24,25,27)/t20-,30+/m0/s1. The van der Waals surface area contributed by atoms with Gasteiger partial charge in [-0.2, -0.15) is 0 Å². The molecule has 1 amide bonds. The fourth-order valence-corrected chi connectivity index (χ4v) is 6.04. The highest BCUT2D eigenvalue weighted by Crippen LogP contribution is 2.40. The molecular formula is C20H29BrFN3O4S. The number of carbonyl (C=O) groups excluding carboxylic acids is 1. The van der Waals surface area contributed by atoms with E-state index in [1.165, 1.54) is 6.07 Å². The van der Waals surface area contributed by atoms with Gasteiger partial charge in [0.15, 0.2) is 0 Å². The number of amidine groups is 1. The maximum absolute atomic E-state index is 14.7. The van der Waals surface area contributed by atoms with Crippen molar-refractivity contribution in [3.05, 3.63) is 34.1 Å². The SMILES string of the molecule is CC(C)(C)OC(=O)NC1=N[C@](C)(c2cc(Br)ccc2F)C[S@](=O)(=NCCO)C1(C)C. The third-order valence-electron chi connectivity index (χ3n) is 4.73. The summed E-state index contributed by atoms with van der Waals surface area (Å²) in [5.41, 5.74) is -1.78. The molecule has 1 aliphatic rings. The summed E-state index contributed by atoms with van der Waals surface area (Å²) in [6.07, 6.45) is -0.753. The number of hydrogen-bond acceptors (Lipinski definition) is 6. The number of amides is 1. The largest absolute Gasteiger partial charge is 0.444 e. The van der Waals surface area contributed by atoms with E-state index in [2.05, 4.69) is 30.6 Å². The molecule has 2 atom stereocenters. The summed E-state index contributed by atoms with van der Waals surface area (Å²) in [6.45, 7) is 9.81. The van der Waals surface area contributed by atoms with Crippen LogP contribution in [-0.4, -0.2) is 50.5 Å². The zero-order valence-corrected chi connectivity index (χ0v) is 20.5. The minimum atomic E-state index is -3.07. The third-order valence-corrected chi connectivity index (χ3v) is 8.57. The summed E-state index contributed by atoms with van der Waals surface area (Å²) < 4.78 is 37.8. The van der Waals surface area contributed by atoms with Crippen LogP contribution in [0.3, 0.4) is 0 Å². The van der Waals surface area contributed by atoms with E-state index >= 15 is 0 Å². The monoisotopic (exact) mass is 505 g/mol. The maximum Gasteiger partial charge on any atom is 0.413 e. The Morgan fingerprint density at radius 3 is 2.60 bits per heavy atom. The zero-order chi connectivity index (χ0) is 23.0. The molecule has 30 heavy (non-hydrogen) atoms. The van der Waals surface area contributed by atoms with Gasteiger partial charge in [0.1, 0.15) is 27.5 Å². The van der Waals surface area contributed by atoms with Crippen molar-refractivity contribution in [2.75, 3.05) is 18.9 Å². The summed E-state index contributed by atoms with van der Waals surface area (Å²) >= 11 is 3.34. The first-order valence-corrected chi connectivity index (χ1v) is 12.0. The fourth-order valence-electron chi connectivity index (χ4n) is 3.15. The van der Waals surface area contributed by atoms with Crippen LogP contribution in [0.5, 0.6) is 0 Å². The second kappa shape index (κ2) is 8.55. The van der Waals surface area contributed by atoms with E-state index in [-0.39, 0.29) is 30.3 Å². The van der Waals surface area contributed by atoms with Crippen LogP contribution in [0.4, 0.5) is 9.18 Å². The van der Waals surface area contributed by atoms with Gasteiger partial charge in [-0.05, 0) is 59.7 Å². The summed E-state index contributed by atoms with van der Waals surface area (Å²) in [5, 5.41) is 11.9. The summed E-state index contributed by atoms with van der Waals surface area (Å²) in [7, 11) is -3.07. The van der Waals surface area contributed by atoms with Crippen LogP contribution in [0.15, 0.2) is 32.0 Å². The van der Waals surface area contributed by atoms with Gasteiger partial charge in [-0.1, -0.05) is 15.9 Å². The molecule has 0 radical (unpaired) electrons. The number of rotatable bonds is 3. The fraction of sp³-hybridized carbons (Fsp3) is 0.600. The van der Waals surface area contributed by atoms with E-state index in [0.29, 0.717) is 4.47 Å². The molecule has 0 unspecified atom stereocenters. The number of hydrogen-bond donors (Lipinski definition) is 2. The van der Waals surface area contributed by atoms with E-state index in [1.54, 1.807) is 53.7 Å². The Kier molecular flexibility index (Phi) is 7.05. The predicted molar refractivity (Wildman–Crippen MR) is 120 cm³/mol. The van der Waals surface area contributed by atoms with Crippen LogP contribution >= 0.6 is 15.9 Å². The lowest BCUT2D eigenvalue weighted by atomic mass is 9.93. The van der Waals surface area contributed by atoms with Crippen molar-refractivity contribution >= 4 is 37.6 Å². The van der Waals surface area contributed by atoms with E-state index in [4.69, 9.17) is 4.74 Å². The van der Waals surface area contributed by atoms with Crippen molar-refractivity contribution in [1.82, 2.24) is 5.32 Å². The average Bonchev–Trinajstić information content (AvgIpc) is 2.58. The lowest BCUT2D eigenvalue weighted by Crippen LogP contribution is -2.58. The number of halogens is 2. The number of nitrogens with one attached hydrogen (secondary N) is 1. The van der Waals surface area contributed by atoms with Crippen LogP contribution < -0.4 is 5.32 Å². The van der Waals surface area contributed by atoms with Crippen LogP contribution in [-0.2, 0) is 20.0 Å². The summed E-state index contributed by atoms with van der Waals surface area (Å²) in [5.74, 6) is -0.485. The Hall–Kier alpha value is -1.52. The number of aliphatic imine (C=N–C) groups is 1. The van der Waals surface area contributed by atoms with Crippen LogP contribution in [0, 0.1) is 5.82 Å². The minimum Gasteiger partial charge on any atom is -0.444 e. The first kappa shape index (κ1) is 24.7. The number of carbonyl (C=O) groups is 1. The summed E-state index contributed by atoms with van der Waals surface area (Å²) in [4.78, 5) is 17.1. The quantitative estimate of drug-likeness (QED) is 0.648. The highest BCUT2D eigenvalue weighted by atomic mass is 79.9. The Labute approximate surface area is 185 Å². The van der Waals surface area contributed by atoms with Crippen molar-refractivity contribution < 1.29 is 23.2 Å². The molecule has 10 heteroatoms. The predicted octanol–water partition coefficient (Wildman–Crippen LogP) is 3.98. The third kappa shape index (κ3) is 5.20. The Bertz CT molecular complexity index is 981. The molecular weight excluding hydrogens is 477 g/mol. The van der Waals surface area contributed by atoms with Crippen molar-refractivity contribution in [3.63, 3.8) is 0 Å². The molecule has 1 aromatic carbocycles. The molecule has 0 fully saturated rings. The number of ether oxygens (including phenoxy) is 1. The molecule has 0 aromatic heterocycles. The molecule has 1 aromatic rings. The molecule has 2 N–H and O–H groups in total.